The van der Waals surface area contributed by atoms with Gasteiger partial charge < -0.3 is 9.77 Å². The summed E-state index contributed by atoms with van der Waals surface area (Å²) in [5.74, 6) is -0.161. The first kappa shape index (κ1) is 30.8. The first-order valence-electron chi connectivity index (χ1n) is 14.7. The standard InChI is InChI=1S/C33H41N5O4S/c1-8-28-35-29-21(2)17-22(3)34-30(29)37(28)20-23-13-15-24(16-14-23)26-11-9-10-12-27(26)43(41,42)36-31(39)25-18-32(4,5)38(40)33(6,7)19-25/h9-17,25,40H,8,18-20H2,1-7H3,(H,36,39). The van der Waals surface area contributed by atoms with Crippen LogP contribution in [-0.2, 0) is 27.8 Å². The molecule has 228 valence electrons. The summed E-state index contributed by atoms with van der Waals surface area (Å²) in [6, 6.07) is 16.5. The van der Waals surface area contributed by atoms with Crippen molar-refractivity contribution in [3.8, 4) is 11.1 Å². The van der Waals surface area contributed by atoms with Crippen LogP contribution in [0.2, 0.25) is 0 Å². The molecule has 2 N–H and O–H groups in total. The van der Waals surface area contributed by atoms with Crippen molar-refractivity contribution in [3.63, 3.8) is 0 Å². The highest BCUT2D eigenvalue weighted by Gasteiger charge is 2.47. The quantitative estimate of drug-likeness (QED) is 0.275. The highest BCUT2D eigenvalue weighted by molar-refractivity contribution is 7.90. The Morgan fingerprint density at radius 1 is 1.00 bits per heavy atom. The van der Waals surface area contributed by atoms with Gasteiger partial charge in [-0.05, 0) is 83.2 Å². The Morgan fingerprint density at radius 3 is 2.26 bits per heavy atom. The Kier molecular flexibility index (Phi) is 8.00. The van der Waals surface area contributed by atoms with Gasteiger partial charge in [0.05, 0.1) is 11.4 Å². The van der Waals surface area contributed by atoms with Gasteiger partial charge in [-0.25, -0.2) is 23.1 Å². The van der Waals surface area contributed by atoms with Crippen LogP contribution in [0.25, 0.3) is 22.3 Å². The van der Waals surface area contributed by atoms with Crippen LogP contribution in [0.4, 0.5) is 0 Å². The molecule has 0 aliphatic carbocycles. The first-order valence-corrected chi connectivity index (χ1v) is 16.2. The van der Waals surface area contributed by atoms with Crippen molar-refractivity contribution < 1.29 is 18.4 Å². The maximum absolute atomic E-state index is 13.6. The Labute approximate surface area is 254 Å². The minimum Gasteiger partial charge on any atom is -0.313 e. The van der Waals surface area contributed by atoms with E-state index >= 15 is 0 Å². The predicted octanol–water partition coefficient (Wildman–Crippen LogP) is 5.79. The Bertz CT molecular complexity index is 1770. The zero-order valence-corrected chi connectivity index (χ0v) is 26.8. The van der Waals surface area contributed by atoms with E-state index in [0.717, 1.165) is 45.8 Å². The largest absolute Gasteiger partial charge is 0.313 e. The second-order valence-electron chi connectivity index (χ2n) is 12.9. The van der Waals surface area contributed by atoms with Gasteiger partial charge in [0.15, 0.2) is 5.65 Å². The number of carbonyl (C=O) groups excluding carboxylic acids is 1. The maximum atomic E-state index is 13.6. The molecule has 0 radical (unpaired) electrons. The molecular formula is C33H41N5O4S. The maximum Gasteiger partial charge on any atom is 0.264 e. The number of aromatic nitrogens is 3. The molecule has 0 spiro atoms. The van der Waals surface area contributed by atoms with Crippen LogP contribution >= 0.6 is 0 Å². The van der Waals surface area contributed by atoms with Crippen LogP contribution in [0.1, 0.15) is 70.1 Å². The normalized spacial score (nSPS) is 17.3. The van der Waals surface area contributed by atoms with E-state index in [0.29, 0.717) is 24.9 Å². The van der Waals surface area contributed by atoms with E-state index < -0.39 is 32.9 Å². The molecule has 2 aromatic heterocycles. The summed E-state index contributed by atoms with van der Waals surface area (Å²) in [5, 5.41) is 11.9. The van der Waals surface area contributed by atoms with E-state index in [9.17, 15) is 18.4 Å². The van der Waals surface area contributed by atoms with Gasteiger partial charge in [-0.15, -0.1) is 0 Å². The molecular weight excluding hydrogens is 562 g/mol. The van der Waals surface area contributed by atoms with Crippen LogP contribution in [0.3, 0.4) is 0 Å². The molecule has 10 heteroatoms. The van der Waals surface area contributed by atoms with E-state index in [1.807, 2.05) is 65.0 Å². The number of aryl methyl sites for hydroxylation is 3. The molecule has 3 heterocycles. The number of fused-ring (bicyclic) bond motifs is 1. The summed E-state index contributed by atoms with van der Waals surface area (Å²) in [4.78, 5) is 22.9. The third kappa shape index (κ3) is 5.96. The summed E-state index contributed by atoms with van der Waals surface area (Å²) < 4.78 is 31.7. The van der Waals surface area contributed by atoms with Crippen LogP contribution in [0.15, 0.2) is 59.5 Å². The number of nitrogens with one attached hydrogen (secondary N) is 1. The van der Waals surface area contributed by atoms with Gasteiger partial charge in [-0.3, -0.25) is 4.79 Å². The third-order valence-corrected chi connectivity index (χ3v) is 9.85. The average Bonchev–Trinajstić information content (AvgIpc) is 3.29. The van der Waals surface area contributed by atoms with Gasteiger partial charge in [-0.1, -0.05) is 49.4 Å². The number of hydroxylamine groups is 2. The highest BCUT2D eigenvalue weighted by Crippen LogP contribution is 2.40. The predicted molar refractivity (Wildman–Crippen MR) is 167 cm³/mol. The van der Waals surface area contributed by atoms with Crippen molar-refractivity contribution in [1.82, 2.24) is 24.3 Å². The number of sulfonamides is 1. The van der Waals surface area contributed by atoms with E-state index in [-0.39, 0.29) is 4.90 Å². The number of pyridine rings is 1. The van der Waals surface area contributed by atoms with E-state index in [2.05, 4.69) is 23.1 Å². The summed E-state index contributed by atoms with van der Waals surface area (Å²) in [5.41, 5.74) is 4.73. The molecule has 1 amide bonds. The number of amides is 1. The molecule has 2 aromatic carbocycles. The van der Waals surface area contributed by atoms with Gasteiger partial charge in [0.25, 0.3) is 10.0 Å². The summed E-state index contributed by atoms with van der Waals surface area (Å²) in [6.45, 7) is 14.1. The first-order chi connectivity index (χ1) is 20.1. The lowest BCUT2D eigenvalue weighted by Gasteiger charge is -2.50. The fourth-order valence-electron chi connectivity index (χ4n) is 6.52. The van der Waals surface area contributed by atoms with Crippen LogP contribution in [0.5, 0.6) is 0 Å². The van der Waals surface area contributed by atoms with Crippen molar-refractivity contribution in [2.75, 3.05) is 0 Å². The Hall–Kier alpha value is -3.60. The molecule has 5 rings (SSSR count). The molecule has 1 aliphatic heterocycles. The Morgan fingerprint density at radius 2 is 1.63 bits per heavy atom. The molecule has 0 bridgehead atoms. The van der Waals surface area contributed by atoms with Crippen LogP contribution in [0, 0.1) is 19.8 Å². The van der Waals surface area contributed by atoms with Crippen LogP contribution < -0.4 is 4.72 Å². The van der Waals surface area contributed by atoms with Crippen molar-refractivity contribution in [1.29, 1.82) is 0 Å². The summed E-state index contributed by atoms with van der Waals surface area (Å²) >= 11 is 0. The minimum atomic E-state index is -4.16. The molecule has 1 saturated heterocycles. The molecule has 1 aliphatic rings. The van der Waals surface area contributed by atoms with Crippen molar-refractivity contribution in [3.05, 3.63) is 77.2 Å². The van der Waals surface area contributed by atoms with Gasteiger partial charge in [-0.2, -0.15) is 5.06 Å². The molecule has 1 fully saturated rings. The third-order valence-electron chi connectivity index (χ3n) is 8.44. The number of carbonyl (C=O) groups is 1. The fraction of sp³-hybridized carbons (Fsp3) is 0.424. The lowest BCUT2D eigenvalue weighted by Crippen LogP contribution is -2.60. The Balaban J connectivity index is 1.40. The lowest BCUT2D eigenvalue weighted by atomic mass is 9.75. The number of imidazole rings is 1. The topological polar surface area (TPSA) is 117 Å². The SMILES string of the molecule is CCc1nc2c(C)cc(C)nc2n1Cc1ccc(-c2ccccc2S(=O)(=O)NC(=O)C2CC(C)(C)N(O)C(C)(C)C2)cc1. The highest BCUT2D eigenvalue weighted by atomic mass is 32.2. The monoisotopic (exact) mass is 603 g/mol. The molecule has 43 heavy (non-hydrogen) atoms. The lowest BCUT2D eigenvalue weighted by molar-refractivity contribution is -0.249. The van der Waals surface area contributed by atoms with Crippen molar-refractivity contribution in [2.24, 2.45) is 5.92 Å². The summed E-state index contributed by atoms with van der Waals surface area (Å²) in [6.07, 6.45) is 1.44. The molecule has 0 atom stereocenters. The smallest absolute Gasteiger partial charge is 0.264 e. The van der Waals surface area contributed by atoms with Gasteiger partial charge in [0.2, 0.25) is 5.91 Å². The van der Waals surface area contributed by atoms with Gasteiger partial charge >= 0.3 is 0 Å². The zero-order valence-electron chi connectivity index (χ0n) is 26.0. The van der Waals surface area contributed by atoms with E-state index in [1.54, 1.807) is 18.2 Å². The van der Waals surface area contributed by atoms with E-state index in [4.69, 9.17) is 9.97 Å². The minimum absolute atomic E-state index is 0.0400. The number of piperidine rings is 1. The average molecular weight is 604 g/mol. The second-order valence-corrected chi connectivity index (χ2v) is 14.6. The molecule has 4 aromatic rings. The summed E-state index contributed by atoms with van der Waals surface area (Å²) in [7, 11) is -4.16. The fourth-order valence-corrected chi connectivity index (χ4v) is 7.80. The number of rotatable bonds is 7. The number of benzene rings is 2. The second kappa shape index (κ2) is 11.2. The van der Waals surface area contributed by atoms with Gasteiger partial charge in [0, 0.05) is 34.7 Å². The zero-order chi connectivity index (χ0) is 31.3. The van der Waals surface area contributed by atoms with Crippen LogP contribution in [-0.4, -0.2) is 50.2 Å². The van der Waals surface area contributed by atoms with E-state index in [1.165, 1.54) is 11.1 Å². The number of hydrogen-bond donors (Lipinski definition) is 2. The number of nitrogens with zero attached hydrogens (tertiary/aromatic N) is 4. The molecule has 0 saturated carbocycles. The van der Waals surface area contributed by atoms with Crippen molar-refractivity contribution in [2.45, 2.75) is 90.2 Å². The molecule has 9 nitrogen and oxygen atoms in total. The van der Waals surface area contributed by atoms with Crippen molar-refractivity contribution >= 4 is 27.1 Å². The molecule has 0 unspecified atom stereocenters. The number of hydrogen-bond acceptors (Lipinski definition) is 7. The van der Waals surface area contributed by atoms with Gasteiger partial charge in [0.1, 0.15) is 11.3 Å².